The fourth-order valence-corrected chi connectivity index (χ4v) is 3.38. The van der Waals surface area contributed by atoms with Crippen LogP contribution in [0.15, 0.2) is 42.5 Å². The van der Waals surface area contributed by atoms with Crippen molar-refractivity contribution in [3.05, 3.63) is 59.2 Å². The first-order chi connectivity index (χ1) is 12.8. The van der Waals surface area contributed by atoms with Crippen molar-refractivity contribution in [3.63, 3.8) is 0 Å². The van der Waals surface area contributed by atoms with E-state index in [1.54, 1.807) is 7.11 Å². The molecule has 0 unspecified atom stereocenters. The van der Waals surface area contributed by atoms with Crippen molar-refractivity contribution in [2.24, 2.45) is 5.92 Å². The normalized spacial score (nSPS) is 13.9. The van der Waals surface area contributed by atoms with Gasteiger partial charge >= 0.3 is 0 Å². The van der Waals surface area contributed by atoms with Gasteiger partial charge in [0, 0.05) is 6.54 Å². The summed E-state index contributed by atoms with van der Waals surface area (Å²) in [5, 5.41) is 7.00. The first-order valence-electron chi connectivity index (χ1n) is 9.52. The fourth-order valence-electron chi connectivity index (χ4n) is 3.38. The van der Waals surface area contributed by atoms with Crippen LogP contribution < -0.4 is 44.9 Å². The van der Waals surface area contributed by atoms with Crippen LogP contribution in [0.3, 0.4) is 0 Å². The summed E-state index contributed by atoms with van der Waals surface area (Å²) in [5.41, 5.74) is 3.66. The summed E-state index contributed by atoms with van der Waals surface area (Å²) in [6.45, 7) is 6.89. The van der Waals surface area contributed by atoms with Crippen LogP contribution in [0.1, 0.15) is 29.5 Å². The lowest BCUT2D eigenvalue weighted by molar-refractivity contribution is -0.00100. The molecule has 0 atom stereocenters. The largest absolute Gasteiger partial charge is 1.00 e. The molecule has 0 bridgehead atoms. The molecule has 0 radical (unpaired) electrons. The van der Waals surface area contributed by atoms with Crippen molar-refractivity contribution >= 4 is 0 Å². The van der Waals surface area contributed by atoms with Crippen molar-refractivity contribution in [2.75, 3.05) is 26.7 Å². The summed E-state index contributed by atoms with van der Waals surface area (Å²) in [7, 11) is 1.70. The second-order valence-electron chi connectivity index (χ2n) is 7.02. The van der Waals surface area contributed by atoms with Crippen molar-refractivity contribution in [1.82, 2.24) is 10.6 Å². The number of halogens is 2. The van der Waals surface area contributed by atoms with Gasteiger partial charge in [-0.15, -0.1) is 0 Å². The Balaban J connectivity index is 0.00000196. The minimum atomic E-state index is 0. The Morgan fingerprint density at radius 1 is 1.04 bits per heavy atom. The Morgan fingerprint density at radius 3 is 2.50 bits per heavy atom. The Kier molecular flexibility index (Phi) is 11.3. The van der Waals surface area contributed by atoms with Gasteiger partial charge in [-0.05, 0) is 74.1 Å². The molecule has 28 heavy (non-hydrogen) atoms. The second kappa shape index (κ2) is 12.9. The molecule has 156 valence electrons. The summed E-state index contributed by atoms with van der Waals surface area (Å²) in [6.07, 6.45) is 2.53. The predicted octanol–water partition coefficient (Wildman–Crippen LogP) is -2.32. The molecular weight excluding hydrogens is 395 g/mol. The highest BCUT2D eigenvalue weighted by Gasteiger charge is 2.12. The third-order valence-electron chi connectivity index (χ3n) is 5.09. The maximum Gasteiger partial charge on any atom is 0.161 e. The van der Waals surface area contributed by atoms with Crippen LogP contribution in [0.5, 0.6) is 11.5 Å². The third kappa shape index (κ3) is 7.17. The first kappa shape index (κ1) is 24.6. The van der Waals surface area contributed by atoms with Crippen LogP contribution in [-0.2, 0) is 13.2 Å². The summed E-state index contributed by atoms with van der Waals surface area (Å²) in [4.78, 5) is 0. The number of hydrogen-bond donors (Lipinski definition) is 2. The van der Waals surface area contributed by atoms with Crippen LogP contribution >= 0.6 is 0 Å². The number of ether oxygens (including phenoxy) is 2. The van der Waals surface area contributed by atoms with E-state index < -0.39 is 0 Å². The average Bonchev–Trinajstić information content (AvgIpc) is 2.68. The average molecular weight is 425 g/mol. The van der Waals surface area contributed by atoms with E-state index in [-0.39, 0.29) is 24.8 Å². The van der Waals surface area contributed by atoms with Crippen LogP contribution in [-0.4, -0.2) is 26.7 Å². The molecule has 0 saturated carbocycles. The number of hydrogen-bond acceptors (Lipinski definition) is 4. The monoisotopic (exact) mass is 424 g/mol. The van der Waals surface area contributed by atoms with Crippen molar-refractivity contribution in [3.8, 4) is 11.5 Å². The molecule has 2 aromatic rings. The number of benzene rings is 2. The van der Waals surface area contributed by atoms with Gasteiger partial charge in [0.25, 0.3) is 0 Å². The standard InChI is InChI=1S/C22H30N2O2.2ClH/c1-17-5-3-4-6-20(17)16-26-21-8-7-19(13-22(21)25-2)15-24-14-18-9-11-23-12-10-18;;/h3-8,13,18,23-24H,9-12,14-16H2,1-2H3;2*1H/p-2. The highest BCUT2D eigenvalue weighted by atomic mass is 35.5. The topological polar surface area (TPSA) is 42.5 Å². The molecule has 0 amide bonds. The van der Waals surface area contributed by atoms with Crippen molar-refractivity contribution in [1.29, 1.82) is 0 Å². The fraction of sp³-hybridized carbons (Fsp3) is 0.455. The summed E-state index contributed by atoms with van der Waals surface area (Å²) >= 11 is 0. The molecule has 1 fully saturated rings. The molecule has 1 heterocycles. The Bertz CT molecular complexity index is 707. The Morgan fingerprint density at radius 2 is 1.79 bits per heavy atom. The highest BCUT2D eigenvalue weighted by molar-refractivity contribution is 5.43. The molecule has 0 aliphatic carbocycles. The lowest BCUT2D eigenvalue weighted by atomic mass is 9.98. The number of piperidine rings is 1. The van der Waals surface area contributed by atoms with Gasteiger partial charge in [0.15, 0.2) is 11.5 Å². The molecular formula is C22H30Cl2N2O2-2. The molecule has 1 aliphatic heterocycles. The van der Waals surface area contributed by atoms with Gasteiger partial charge in [-0.2, -0.15) is 0 Å². The SMILES string of the molecule is COc1cc(CNCC2CCNCC2)ccc1OCc1ccccc1C.[Cl-].[Cl-]. The quantitative estimate of drug-likeness (QED) is 0.499. The molecule has 0 spiro atoms. The number of nitrogens with one attached hydrogen (secondary N) is 2. The molecule has 2 N–H and O–H groups in total. The third-order valence-corrected chi connectivity index (χ3v) is 5.09. The Hall–Kier alpha value is -1.46. The highest BCUT2D eigenvalue weighted by Crippen LogP contribution is 2.29. The van der Waals surface area contributed by atoms with Gasteiger partial charge in [-0.3, -0.25) is 0 Å². The van der Waals surface area contributed by atoms with Crippen molar-refractivity contribution in [2.45, 2.75) is 32.9 Å². The van der Waals surface area contributed by atoms with E-state index in [4.69, 9.17) is 9.47 Å². The van der Waals surface area contributed by atoms with Crippen LogP contribution in [0, 0.1) is 12.8 Å². The molecule has 1 saturated heterocycles. The zero-order valence-electron chi connectivity index (χ0n) is 16.6. The van der Waals surface area contributed by atoms with Crippen LogP contribution in [0.2, 0.25) is 0 Å². The maximum absolute atomic E-state index is 6.00. The zero-order chi connectivity index (χ0) is 18.2. The maximum atomic E-state index is 6.00. The van der Waals surface area contributed by atoms with E-state index >= 15 is 0 Å². The van der Waals surface area contributed by atoms with Crippen molar-refractivity contribution < 1.29 is 34.3 Å². The smallest absolute Gasteiger partial charge is 0.161 e. The minimum Gasteiger partial charge on any atom is -1.00 e. The van der Waals surface area contributed by atoms with Gasteiger partial charge in [-0.1, -0.05) is 30.3 Å². The summed E-state index contributed by atoms with van der Waals surface area (Å²) < 4.78 is 11.5. The first-order valence-corrected chi connectivity index (χ1v) is 9.52. The van der Waals surface area contributed by atoms with Gasteiger partial charge in [0.1, 0.15) is 6.61 Å². The van der Waals surface area contributed by atoms with Crippen LogP contribution in [0.25, 0.3) is 0 Å². The van der Waals surface area contributed by atoms with E-state index in [1.165, 1.54) is 29.5 Å². The van der Waals surface area contributed by atoms with Gasteiger partial charge in [-0.25, -0.2) is 0 Å². The van der Waals surface area contributed by atoms with Crippen LogP contribution in [0.4, 0.5) is 0 Å². The molecule has 0 aromatic heterocycles. The van der Waals surface area contributed by atoms with Gasteiger partial charge in [0.05, 0.1) is 7.11 Å². The molecule has 2 aromatic carbocycles. The van der Waals surface area contributed by atoms with E-state index in [0.29, 0.717) is 6.61 Å². The van der Waals surface area contributed by atoms with Gasteiger partial charge < -0.3 is 44.9 Å². The lowest BCUT2D eigenvalue weighted by Gasteiger charge is -2.23. The summed E-state index contributed by atoms with van der Waals surface area (Å²) in [6, 6.07) is 14.5. The number of aryl methyl sites for hydroxylation is 1. The lowest BCUT2D eigenvalue weighted by Crippen LogP contribution is -3.00. The molecule has 6 heteroatoms. The second-order valence-corrected chi connectivity index (χ2v) is 7.02. The number of rotatable bonds is 8. The van der Waals surface area contributed by atoms with Gasteiger partial charge in [0.2, 0.25) is 0 Å². The molecule has 1 aliphatic rings. The molecule has 3 rings (SSSR count). The minimum absolute atomic E-state index is 0. The Labute approximate surface area is 181 Å². The van der Waals surface area contributed by atoms with E-state index in [9.17, 15) is 0 Å². The summed E-state index contributed by atoms with van der Waals surface area (Å²) in [5.74, 6) is 2.37. The van der Waals surface area contributed by atoms with E-state index in [0.717, 1.165) is 43.6 Å². The number of methoxy groups -OCH3 is 1. The van der Waals surface area contributed by atoms with E-state index in [1.807, 2.05) is 18.2 Å². The predicted molar refractivity (Wildman–Crippen MR) is 106 cm³/mol. The zero-order valence-corrected chi connectivity index (χ0v) is 18.2. The van der Waals surface area contributed by atoms with E-state index in [2.05, 4.69) is 41.8 Å². The molecule has 4 nitrogen and oxygen atoms in total.